The third kappa shape index (κ3) is 4.92. The lowest BCUT2D eigenvalue weighted by Crippen LogP contribution is -2.05. The van der Waals surface area contributed by atoms with Crippen LogP contribution in [0.15, 0.2) is 48.5 Å². The van der Waals surface area contributed by atoms with E-state index in [1.165, 1.54) is 6.07 Å². The number of aryl methyl sites for hydroxylation is 1. The van der Waals surface area contributed by atoms with E-state index in [1.807, 2.05) is 37.3 Å². The summed E-state index contributed by atoms with van der Waals surface area (Å²) >= 11 is 0. The molecule has 1 unspecified atom stereocenters. The topological polar surface area (TPSA) is 80.4 Å². The Morgan fingerprint density at radius 2 is 1.83 bits per heavy atom. The fourth-order valence-corrected chi connectivity index (χ4v) is 2.52. The molecular formula is C18H19NO4. The molecule has 5 nitrogen and oxygen atoms in total. The number of hydrogen-bond acceptors (Lipinski definition) is 3. The van der Waals surface area contributed by atoms with Crippen molar-refractivity contribution in [2.24, 2.45) is 5.92 Å². The summed E-state index contributed by atoms with van der Waals surface area (Å²) in [5.74, 6) is -0.656. The van der Waals surface area contributed by atoms with Crippen molar-refractivity contribution in [1.29, 1.82) is 0 Å². The molecule has 0 spiro atoms. The molecule has 0 saturated heterocycles. The first-order chi connectivity index (χ1) is 11.0. The molecule has 2 rings (SSSR count). The van der Waals surface area contributed by atoms with Crippen molar-refractivity contribution in [3.63, 3.8) is 0 Å². The van der Waals surface area contributed by atoms with Crippen molar-refractivity contribution in [1.82, 2.24) is 0 Å². The zero-order valence-corrected chi connectivity index (χ0v) is 12.9. The molecule has 0 radical (unpaired) electrons. The quantitative estimate of drug-likeness (QED) is 0.610. The molecular weight excluding hydrogens is 294 g/mol. The van der Waals surface area contributed by atoms with Crippen molar-refractivity contribution in [3.8, 4) is 11.1 Å². The van der Waals surface area contributed by atoms with Gasteiger partial charge in [-0.2, -0.15) is 0 Å². The lowest BCUT2D eigenvalue weighted by Gasteiger charge is -2.09. The minimum Gasteiger partial charge on any atom is -0.481 e. The highest BCUT2D eigenvalue weighted by atomic mass is 16.6. The number of hydrogen-bond donors (Lipinski definition) is 1. The molecule has 0 fully saturated rings. The molecule has 0 aliphatic rings. The van der Waals surface area contributed by atoms with Gasteiger partial charge in [0.25, 0.3) is 5.69 Å². The highest BCUT2D eigenvalue weighted by Crippen LogP contribution is 2.25. The Kier molecular flexibility index (Phi) is 5.46. The Balaban J connectivity index is 2.12. The number of rotatable bonds is 7. The first-order valence-corrected chi connectivity index (χ1v) is 7.51. The number of nitro groups is 1. The Morgan fingerprint density at radius 3 is 2.48 bits per heavy atom. The van der Waals surface area contributed by atoms with E-state index in [1.54, 1.807) is 12.1 Å². The third-order valence-corrected chi connectivity index (χ3v) is 3.77. The summed E-state index contributed by atoms with van der Waals surface area (Å²) in [6.07, 6.45) is 1.76. The summed E-state index contributed by atoms with van der Waals surface area (Å²) in [6.45, 7) is 1.93. The Morgan fingerprint density at radius 1 is 1.17 bits per heavy atom. The van der Waals surface area contributed by atoms with E-state index in [0.29, 0.717) is 0 Å². The van der Waals surface area contributed by atoms with E-state index in [9.17, 15) is 14.9 Å². The van der Waals surface area contributed by atoms with Crippen LogP contribution in [0.5, 0.6) is 0 Å². The average Bonchev–Trinajstić information content (AvgIpc) is 2.53. The molecule has 2 aromatic carbocycles. The predicted octanol–water partition coefficient (Wildman–Crippen LogP) is 4.31. The predicted molar refractivity (Wildman–Crippen MR) is 88.3 cm³/mol. The Labute approximate surface area is 134 Å². The van der Waals surface area contributed by atoms with Crippen LogP contribution in [-0.2, 0) is 11.2 Å². The van der Waals surface area contributed by atoms with E-state index in [2.05, 4.69) is 0 Å². The molecule has 1 N–H and O–H groups in total. The standard InChI is InChI=1S/C18H19NO4/c1-13(10-18(20)21)8-9-14-4-2-5-15(11-14)16-6-3-7-17(12-16)19(22)23/h2-7,11-13H,8-10H2,1H3,(H,20,21). The van der Waals surface area contributed by atoms with Crippen LogP contribution in [-0.4, -0.2) is 16.0 Å². The van der Waals surface area contributed by atoms with Gasteiger partial charge >= 0.3 is 5.97 Å². The number of carbonyl (C=O) groups is 1. The number of carboxylic acids is 1. The van der Waals surface area contributed by atoms with Gasteiger partial charge < -0.3 is 5.11 Å². The van der Waals surface area contributed by atoms with Crippen LogP contribution in [0.1, 0.15) is 25.3 Å². The van der Waals surface area contributed by atoms with Crippen LogP contribution in [0.25, 0.3) is 11.1 Å². The summed E-state index contributed by atoms with van der Waals surface area (Å²) in [6, 6.07) is 14.4. The van der Waals surface area contributed by atoms with E-state index < -0.39 is 10.9 Å². The third-order valence-electron chi connectivity index (χ3n) is 3.77. The molecule has 23 heavy (non-hydrogen) atoms. The van der Waals surface area contributed by atoms with Gasteiger partial charge in [-0.25, -0.2) is 0 Å². The molecule has 0 aromatic heterocycles. The minimum atomic E-state index is -0.775. The summed E-state index contributed by atoms with van der Waals surface area (Å²) in [5.41, 5.74) is 2.91. The summed E-state index contributed by atoms with van der Waals surface area (Å²) in [5, 5.41) is 19.7. The van der Waals surface area contributed by atoms with E-state index in [0.717, 1.165) is 29.5 Å². The zero-order chi connectivity index (χ0) is 16.8. The average molecular weight is 313 g/mol. The van der Waals surface area contributed by atoms with Crippen LogP contribution in [0.3, 0.4) is 0 Å². The molecule has 0 aliphatic carbocycles. The first-order valence-electron chi connectivity index (χ1n) is 7.51. The molecule has 1 atom stereocenters. The fraction of sp³-hybridized carbons (Fsp3) is 0.278. The number of carboxylic acid groups (broad SMARTS) is 1. The monoisotopic (exact) mass is 313 g/mol. The van der Waals surface area contributed by atoms with E-state index >= 15 is 0 Å². The maximum absolute atomic E-state index is 10.9. The molecule has 0 heterocycles. The highest BCUT2D eigenvalue weighted by molar-refractivity contribution is 5.67. The maximum atomic E-state index is 10.9. The smallest absolute Gasteiger partial charge is 0.303 e. The Bertz CT molecular complexity index is 712. The van der Waals surface area contributed by atoms with Crippen LogP contribution in [0, 0.1) is 16.0 Å². The Hall–Kier alpha value is -2.69. The molecule has 0 saturated carbocycles. The normalized spacial score (nSPS) is 11.9. The molecule has 0 bridgehead atoms. The van der Waals surface area contributed by atoms with Crippen LogP contribution >= 0.6 is 0 Å². The number of aliphatic carboxylic acids is 1. The van der Waals surface area contributed by atoms with Crippen molar-refractivity contribution >= 4 is 11.7 Å². The van der Waals surface area contributed by atoms with Gasteiger partial charge in [0.15, 0.2) is 0 Å². The summed E-state index contributed by atoms with van der Waals surface area (Å²) in [4.78, 5) is 21.2. The summed E-state index contributed by atoms with van der Waals surface area (Å²) < 4.78 is 0. The van der Waals surface area contributed by atoms with Gasteiger partial charge in [0.2, 0.25) is 0 Å². The van der Waals surface area contributed by atoms with Crippen LogP contribution in [0.2, 0.25) is 0 Å². The molecule has 0 amide bonds. The number of non-ortho nitro benzene ring substituents is 1. The largest absolute Gasteiger partial charge is 0.481 e. The number of nitro benzene ring substituents is 1. The van der Waals surface area contributed by atoms with Crippen LogP contribution in [0.4, 0.5) is 5.69 Å². The maximum Gasteiger partial charge on any atom is 0.303 e. The molecule has 120 valence electrons. The molecule has 0 aliphatic heterocycles. The second kappa shape index (κ2) is 7.54. The minimum absolute atomic E-state index is 0.0722. The van der Waals surface area contributed by atoms with Gasteiger partial charge in [-0.05, 0) is 35.4 Å². The van der Waals surface area contributed by atoms with Crippen molar-refractivity contribution in [2.75, 3.05) is 0 Å². The first kappa shape index (κ1) is 16.7. The number of benzene rings is 2. The molecule has 2 aromatic rings. The highest BCUT2D eigenvalue weighted by Gasteiger charge is 2.09. The van der Waals surface area contributed by atoms with E-state index in [-0.39, 0.29) is 18.0 Å². The SMILES string of the molecule is CC(CCc1cccc(-c2cccc([N+](=O)[O-])c2)c1)CC(=O)O. The van der Waals surface area contributed by atoms with Gasteiger partial charge in [0.05, 0.1) is 4.92 Å². The van der Waals surface area contributed by atoms with Crippen molar-refractivity contribution < 1.29 is 14.8 Å². The van der Waals surface area contributed by atoms with Crippen LogP contribution < -0.4 is 0 Å². The second-order valence-corrected chi connectivity index (χ2v) is 5.75. The van der Waals surface area contributed by atoms with Gasteiger partial charge in [0.1, 0.15) is 0 Å². The lowest BCUT2D eigenvalue weighted by molar-refractivity contribution is -0.384. The van der Waals surface area contributed by atoms with Gasteiger partial charge in [-0.15, -0.1) is 0 Å². The van der Waals surface area contributed by atoms with Crippen molar-refractivity contribution in [3.05, 3.63) is 64.2 Å². The zero-order valence-electron chi connectivity index (χ0n) is 12.9. The molecule has 5 heteroatoms. The van der Waals surface area contributed by atoms with Crippen molar-refractivity contribution in [2.45, 2.75) is 26.2 Å². The van der Waals surface area contributed by atoms with Gasteiger partial charge in [-0.1, -0.05) is 43.3 Å². The summed E-state index contributed by atoms with van der Waals surface area (Å²) in [7, 11) is 0. The van der Waals surface area contributed by atoms with Gasteiger partial charge in [-0.3, -0.25) is 14.9 Å². The van der Waals surface area contributed by atoms with E-state index in [4.69, 9.17) is 5.11 Å². The lowest BCUT2D eigenvalue weighted by atomic mass is 9.96. The number of nitrogens with zero attached hydrogens (tertiary/aromatic N) is 1. The fourth-order valence-electron chi connectivity index (χ4n) is 2.52. The van der Waals surface area contributed by atoms with Gasteiger partial charge in [0, 0.05) is 18.6 Å². The second-order valence-electron chi connectivity index (χ2n) is 5.75.